The summed E-state index contributed by atoms with van der Waals surface area (Å²) in [4.78, 5) is 0. The molecule has 3 aromatic carbocycles. The SMILES string of the molecule is Cc1ccc(CCc2ccc(CCc3ccc(C)c(F)c3F)cc2F)c(F)c1. The van der Waals surface area contributed by atoms with Crippen LogP contribution in [0.1, 0.15) is 33.4 Å². The van der Waals surface area contributed by atoms with Crippen molar-refractivity contribution in [1.29, 1.82) is 0 Å². The van der Waals surface area contributed by atoms with E-state index in [2.05, 4.69) is 0 Å². The third-order valence-electron chi connectivity index (χ3n) is 5.03. The van der Waals surface area contributed by atoms with Crippen molar-refractivity contribution in [3.8, 4) is 0 Å². The summed E-state index contributed by atoms with van der Waals surface area (Å²) in [5.41, 5.74) is 3.18. The smallest absolute Gasteiger partial charge is 0.162 e. The molecule has 0 aliphatic heterocycles. The van der Waals surface area contributed by atoms with Crippen molar-refractivity contribution < 1.29 is 17.6 Å². The van der Waals surface area contributed by atoms with Gasteiger partial charge in [0, 0.05) is 0 Å². The Kier molecular flexibility index (Phi) is 6.18. The number of aryl methyl sites for hydroxylation is 6. The lowest BCUT2D eigenvalue weighted by Crippen LogP contribution is -2.01. The summed E-state index contributed by atoms with van der Waals surface area (Å²) in [6.07, 6.45) is 1.50. The summed E-state index contributed by atoms with van der Waals surface area (Å²) in [5, 5.41) is 0. The molecule has 0 bridgehead atoms. The van der Waals surface area contributed by atoms with E-state index >= 15 is 0 Å². The molecular formula is C24H22F4. The fourth-order valence-electron chi connectivity index (χ4n) is 3.23. The van der Waals surface area contributed by atoms with Gasteiger partial charge in [0.15, 0.2) is 11.6 Å². The normalized spacial score (nSPS) is 11.1. The van der Waals surface area contributed by atoms with Crippen LogP contribution in [0.4, 0.5) is 17.6 Å². The summed E-state index contributed by atoms with van der Waals surface area (Å²) in [6, 6.07) is 13.0. The second-order valence-electron chi connectivity index (χ2n) is 7.19. The average Bonchev–Trinajstić information content (AvgIpc) is 2.66. The molecule has 0 heterocycles. The molecule has 0 unspecified atom stereocenters. The van der Waals surface area contributed by atoms with E-state index in [0.29, 0.717) is 36.0 Å². The Morgan fingerprint density at radius 3 is 1.79 bits per heavy atom. The van der Waals surface area contributed by atoms with Crippen LogP contribution in [0, 0.1) is 37.1 Å². The number of hydrogen-bond acceptors (Lipinski definition) is 0. The maximum atomic E-state index is 14.4. The zero-order valence-corrected chi connectivity index (χ0v) is 16.0. The van der Waals surface area contributed by atoms with Gasteiger partial charge >= 0.3 is 0 Å². The predicted molar refractivity (Wildman–Crippen MR) is 103 cm³/mol. The van der Waals surface area contributed by atoms with Crippen LogP contribution in [-0.2, 0) is 25.7 Å². The highest BCUT2D eigenvalue weighted by atomic mass is 19.2. The van der Waals surface area contributed by atoms with Crippen molar-refractivity contribution >= 4 is 0 Å². The molecule has 28 heavy (non-hydrogen) atoms. The van der Waals surface area contributed by atoms with Crippen molar-refractivity contribution in [3.05, 3.63) is 105 Å². The molecule has 0 nitrogen and oxygen atoms in total. The van der Waals surface area contributed by atoms with Crippen LogP contribution >= 0.6 is 0 Å². The van der Waals surface area contributed by atoms with E-state index in [9.17, 15) is 17.6 Å². The average molecular weight is 386 g/mol. The first kappa shape index (κ1) is 20.1. The molecule has 0 N–H and O–H groups in total. The fourth-order valence-corrected chi connectivity index (χ4v) is 3.23. The summed E-state index contributed by atoms with van der Waals surface area (Å²) >= 11 is 0. The minimum Gasteiger partial charge on any atom is -0.207 e. The van der Waals surface area contributed by atoms with Gasteiger partial charge in [-0.3, -0.25) is 0 Å². The minimum atomic E-state index is -0.836. The predicted octanol–water partition coefficient (Wildman–Crippen LogP) is 6.43. The van der Waals surface area contributed by atoms with Gasteiger partial charge in [0.25, 0.3) is 0 Å². The van der Waals surface area contributed by atoms with Crippen LogP contribution < -0.4 is 0 Å². The number of halogens is 4. The van der Waals surface area contributed by atoms with Crippen LogP contribution in [0.5, 0.6) is 0 Å². The highest BCUT2D eigenvalue weighted by molar-refractivity contribution is 5.30. The van der Waals surface area contributed by atoms with E-state index in [1.807, 2.05) is 13.0 Å². The zero-order valence-electron chi connectivity index (χ0n) is 16.0. The number of hydrogen-bond donors (Lipinski definition) is 0. The molecule has 3 aromatic rings. The molecule has 146 valence electrons. The number of rotatable bonds is 6. The molecular weight excluding hydrogens is 364 g/mol. The van der Waals surface area contributed by atoms with E-state index in [-0.39, 0.29) is 29.2 Å². The van der Waals surface area contributed by atoms with Crippen LogP contribution in [0.2, 0.25) is 0 Å². The highest BCUT2D eigenvalue weighted by Crippen LogP contribution is 2.20. The largest absolute Gasteiger partial charge is 0.207 e. The first-order valence-corrected chi connectivity index (χ1v) is 9.31. The van der Waals surface area contributed by atoms with Crippen LogP contribution in [0.15, 0.2) is 48.5 Å². The van der Waals surface area contributed by atoms with E-state index in [1.54, 1.807) is 30.3 Å². The van der Waals surface area contributed by atoms with Crippen LogP contribution in [0.25, 0.3) is 0 Å². The van der Waals surface area contributed by atoms with Gasteiger partial charge in [-0.2, -0.15) is 0 Å². The topological polar surface area (TPSA) is 0 Å². The Bertz CT molecular complexity index is 992. The Morgan fingerprint density at radius 2 is 1.14 bits per heavy atom. The van der Waals surface area contributed by atoms with Gasteiger partial charge < -0.3 is 0 Å². The molecule has 0 amide bonds. The minimum absolute atomic E-state index is 0.265. The molecule has 0 fully saturated rings. The van der Waals surface area contributed by atoms with Crippen molar-refractivity contribution in [3.63, 3.8) is 0 Å². The third-order valence-corrected chi connectivity index (χ3v) is 5.03. The molecule has 0 radical (unpaired) electrons. The van der Waals surface area contributed by atoms with Crippen molar-refractivity contribution in [1.82, 2.24) is 0 Å². The zero-order chi connectivity index (χ0) is 20.3. The molecule has 0 saturated heterocycles. The van der Waals surface area contributed by atoms with Gasteiger partial charge in [0.05, 0.1) is 0 Å². The van der Waals surface area contributed by atoms with Crippen molar-refractivity contribution in [2.24, 2.45) is 0 Å². The lowest BCUT2D eigenvalue weighted by Gasteiger charge is -2.09. The summed E-state index contributed by atoms with van der Waals surface area (Å²) in [6.45, 7) is 3.33. The van der Waals surface area contributed by atoms with E-state index in [0.717, 1.165) is 5.56 Å². The number of benzene rings is 3. The lowest BCUT2D eigenvalue weighted by molar-refractivity contribution is 0.493. The molecule has 0 saturated carbocycles. The van der Waals surface area contributed by atoms with Gasteiger partial charge in [-0.25, -0.2) is 17.6 Å². The van der Waals surface area contributed by atoms with E-state index in [1.165, 1.54) is 19.1 Å². The monoisotopic (exact) mass is 386 g/mol. The molecule has 3 rings (SSSR count). The third kappa shape index (κ3) is 4.61. The summed E-state index contributed by atoms with van der Waals surface area (Å²) < 4.78 is 55.9. The Hall–Kier alpha value is -2.62. The molecule has 4 heteroatoms. The molecule has 0 aromatic heterocycles. The first-order valence-electron chi connectivity index (χ1n) is 9.31. The maximum absolute atomic E-state index is 14.4. The summed E-state index contributed by atoms with van der Waals surface area (Å²) in [5.74, 6) is -2.30. The van der Waals surface area contributed by atoms with Gasteiger partial charge in [-0.15, -0.1) is 0 Å². The first-order chi connectivity index (χ1) is 13.3. The fraction of sp³-hybridized carbons (Fsp3) is 0.250. The molecule has 0 atom stereocenters. The lowest BCUT2D eigenvalue weighted by atomic mass is 9.98. The Balaban J connectivity index is 1.64. The second kappa shape index (κ2) is 8.59. The van der Waals surface area contributed by atoms with Crippen LogP contribution in [-0.4, -0.2) is 0 Å². The van der Waals surface area contributed by atoms with E-state index < -0.39 is 11.6 Å². The van der Waals surface area contributed by atoms with Gasteiger partial charge in [0.2, 0.25) is 0 Å². The maximum Gasteiger partial charge on any atom is 0.162 e. The standard InChI is InChI=1S/C24H22F4/c1-15-3-7-18(21(25)13-15)11-12-19-9-5-17(14-22(19)26)6-10-20-8-4-16(2)23(27)24(20)28/h3-5,7-9,13-14H,6,10-12H2,1-2H3. The van der Waals surface area contributed by atoms with Crippen molar-refractivity contribution in [2.45, 2.75) is 39.5 Å². The molecule has 0 aliphatic rings. The molecule has 0 aliphatic carbocycles. The van der Waals surface area contributed by atoms with Gasteiger partial charge in [-0.05, 0) is 85.0 Å². The Labute approximate surface area is 162 Å². The van der Waals surface area contributed by atoms with Gasteiger partial charge in [0.1, 0.15) is 11.6 Å². The second-order valence-corrected chi connectivity index (χ2v) is 7.19. The quantitative estimate of drug-likeness (QED) is 0.428. The van der Waals surface area contributed by atoms with Crippen LogP contribution in [0.3, 0.4) is 0 Å². The van der Waals surface area contributed by atoms with Gasteiger partial charge in [-0.1, -0.05) is 36.4 Å². The van der Waals surface area contributed by atoms with E-state index in [4.69, 9.17) is 0 Å². The van der Waals surface area contributed by atoms with Crippen molar-refractivity contribution in [2.75, 3.05) is 0 Å². The molecule has 0 spiro atoms. The Morgan fingerprint density at radius 1 is 0.571 bits per heavy atom. The highest BCUT2D eigenvalue weighted by Gasteiger charge is 2.12. The summed E-state index contributed by atoms with van der Waals surface area (Å²) in [7, 11) is 0.